The van der Waals surface area contributed by atoms with Crippen molar-refractivity contribution < 1.29 is 9.90 Å². The molecule has 1 aromatic rings. The smallest absolute Gasteiger partial charge is 0.224 e. The Labute approximate surface area is 120 Å². The highest BCUT2D eigenvalue weighted by molar-refractivity contribution is 5.85. The molecule has 0 aliphatic heterocycles. The van der Waals surface area contributed by atoms with Crippen LogP contribution in [-0.4, -0.2) is 30.7 Å². The third-order valence-electron chi connectivity index (χ3n) is 3.46. The van der Waals surface area contributed by atoms with Crippen LogP contribution in [0.3, 0.4) is 0 Å². The van der Waals surface area contributed by atoms with Crippen LogP contribution in [-0.2, 0) is 11.2 Å². The third kappa shape index (κ3) is 3.47. The average molecular weight is 285 g/mol. The van der Waals surface area contributed by atoms with Gasteiger partial charge in [0.25, 0.3) is 0 Å². The second-order valence-electron chi connectivity index (χ2n) is 4.92. The summed E-state index contributed by atoms with van der Waals surface area (Å²) in [7, 11) is 1.82. The predicted octanol–water partition coefficient (Wildman–Crippen LogP) is 1.04. The second kappa shape index (κ2) is 6.89. The molecule has 0 heterocycles. The normalized spacial score (nSPS) is 22.3. The lowest BCUT2D eigenvalue weighted by molar-refractivity contribution is -0.125. The van der Waals surface area contributed by atoms with Gasteiger partial charge in [-0.15, -0.1) is 12.4 Å². The lowest BCUT2D eigenvalue weighted by Crippen LogP contribution is -2.39. The van der Waals surface area contributed by atoms with Crippen LogP contribution in [0.2, 0.25) is 0 Å². The summed E-state index contributed by atoms with van der Waals surface area (Å²) in [5.41, 5.74) is 2.16. The topological polar surface area (TPSA) is 61.4 Å². The average Bonchev–Trinajstić information content (AvgIpc) is 2.66. The van der Waals surface area contributed by atoms with Crippen LogP contribution in [0.1, 0.15) is 24.1 Å². The number of nitrogens with one attached hydrogen (secondary N) is 2. The van der Waals surface area contributed by atoms with Crippen molar-refractivity contribution in [3.63, 3.8) is 0 Å². The number of hydrogen-bond donors (Lipinski definition) is 3. The number of rotatable bonds is 4. The van der Waals surface area contributed by atoms with E-state index in [4.69, 9.17) is 0 Å². The number of fused-ring (bicyclic) bond motifs is 1. The van der Waals surface area contributed by atoms with E-state index in [2.05, 4.69) is 10.6 Å². The van der Waals surface area contributed by atoms with Crippen molar-refractivity contribution in [1.82, 2.24) is 10.6 Å². The summed E-state index contributed by atoms with van der Waals surface area (Å²) in [4.78, 5) is 12.0. The molecular weight excluding hydrogens is 264 g/mol. The van der Waals surface area contributed by atoms with Gasteiger partial charge >= 0.3 is 0 Å². The number of carbonyl (C=O) groups is 1. The van der Waals surface area contributed by atoms with Gasteiger partial charge in [0.1, 0.15) is 0 Å². The Bertz CT molecular complexity index is 439. The van der Waals surface area contributed by atoms with E-state index in [1.807, 2.05) is 38.2 Å². The second-order valence-corrected chi connectivity index (χ2v) is 4.92. The van der Waals surface area contributed by atoms with Crippen LogP contribution < -0.4 is 10.6 Å². The molecule has 0 aromatic heterocycles. The van der Waals surface area contributed by atoms with Crippen LogP contribution in [0.25, 0.3) is 0 Å². The van der Waals surface area contributed by atoms with Crippen LogP contribution in [0.4, 0.5) is 0 Å². The molecule has 19 heavy (non-hydrogen) atoms. The van der Waals surface area contributed by atoms with E-state index < -0.39 is 6.10 Å². The number of benzene rings is 1. The van der Waals surface area contributed by atoms with Crippen molar-refractivity contribution in [2.24, 2.45) is 5.92 Å². The minimum atomic E-state index is -0.520. The Morgan fingerprint density at radius 1 is 1.47 bits per heavy atom. The highest BCUT2D eigenvalue weighted by Crippen LogP contribution is 2.31. The molecule has 0 radical (unpaired) electrons. The molecule has 2 rings (SSSR count). The summed E-state index contributed by atoms with van der Waals surface area (Å²) in [5.74, 6) is -0.125. The number of halogens is 1. The molecule has 1 aromatic carbocycles. The Morgan fingerprint density at radius 2 is 2.16 bits per heavy atom. The van der Waals surface area contributed by atoms with Crippen molar-refractivity contribution >= 4 is 18.3 Å². The lowest BCUT2D eigenvalue weighted by atomic mass is 10.1. The van der Waals surface area contributed by atoms with Gasteiger partial charge in [0.05, 0.1) is 12.1 Å². The van der Waals surface area contributed by atoms with Gasteiger partial charge in [0.15, 0.2) is 0 Å². The molecule has 3 N–H and O–H groups in total. The summed E-state index contributed by atoms with van der Waals surface area (Å²) in [6.45, 7) is 2.51. The van der Waals surface area contributed by atoms with E-state index in [-0.39, 0.29) is 30.3 Å². The monoisotopic (exact) mass is 284 g/mol. The van der Waals surface area contributed by atoms with E-state index >= 15 is 0 Å². The highest BCUT2D eigenvalue weighted by Gasteiger charge is 2.32. The zero-order valence-corrected chi connectivity index (χ0v) is 12.0. The Hall–Kier alpha value is -1.10. The highest BCUT2D eigenvalue weighted by atomic mass is 35.5. The van der Waals surface area contributed by atoms with Crippen molar-refractivity contribution in [3.8, 4) is 0 Å². The van der Waals surface area contributed by atoms with Gasteiger partial charge < -0.3 is 15.7 Å². The molecule has 5 heteroatoms. The van der Waals surface area contributed by atoms with E-state index in [9.17, 15) is 9.90 Å². The molecule has 4 nitrogen and oxygen atoms in total. The van der Waals surface area contributed by atoms with E-state index in [1.54, 1.807) is 0 Å². The molecule has 1 aliphatic carbocycles. The van der Waals surface area contributed by atoms with Gasteiger partial charge in [0.2, 0.25) is 5.91 Å². The predicted molar refractivity (Wildman–Crippen MR) is 77.4 cm³/mol. The largest absolute Gasteiger partial charge is 0.390 e. The zero-order valence-electron chi connectivity index (χ0n) is 11.2. The maximum Gasteiger partial charge on any atom is 0.224 e. The van der Waals surface area contributed by atoms with Gasteiger partial charge in [-0.25, -0.2) is 0 Å². The van der Waals surface area contributed by atoms with Crippen LogP contribution in [0.5, 0.6) is 0 Å². The zero-order chi connectivity index (χ0) is 13.1. The summed E-state index contributed by atoms with van der Waals surface area (Å²) < 4.78 is 0. The van der Waals surface area contributed by atoms with Crippen LogP contribution in [0, 0.1) is 5.92 Å². The van der Waals surface area contributed by atoms with Crippen LogP contribution in [0.15, 0.2) is 24.3 Å². The summed E-state index contributed by atoms with van der Waals surface area (Å²) in [6, 6.07) is 7.60. The number of carbonyl (C=O) groups excluding carboxylic acids is 1. The summed E-state index contributed by atoms with van der Waals surface area (Å²) in [5, 5.41) is 16.0. The molecule has 106 valence electrons. The van der Waals surface area contributed by atoms with Gasteiger partial charge in [0, 0.05) is 18.9 Å². The van der Waals surface area contributed by atoms with Crippen molar-refractivity contribution in [2.75, 3.05) is 13.6 Å². The molecular formula is C14H21ClN2O2. The molecule has 0 saturated carbocycles. The molecule has 1 unspecified atom stereocenters. The van der Waals surface area contributed by atoms with Gasteiger partial charge in [-0.05, 0) is 18.2 Å². The number of hydrogen-bond acceptors (Lipinski definition) is 3. The van der Waals surface area contributed by atoms with Crippen LogP contribution >= 0.6 is 12.4 Å². The number of aliphatic hydroxyl groups excluding tert-OH is 1. The van der Waals surface area contributed by atoms with Crippen molar-refractivity contribution in [2.45, 2.75) is 25.5 Å². The summed E-state index contributed by atoms with van der Waals surface area (Å²) in [6.07, 6.45) is 0.0924. The first-order chi connectivity index (χ1) is 8.63. The maximum absolute atomic E-state index is 12.0. The van der Waals surface area contributed by atoms with Gasteiger partial charge in [-0.1, -0.05) is 31.2 Å². The molecule has 1 aliphatic rings. The Morgan fingerprint density at radius 3 is 2.84 bits per heavy atom. The fourth-order valence-corrected chi connectivity index (χ4v) is 2.44. The van der Waals surface area contributed by atoms with E-state index in [0.29, 0.717) is 13.0 Å². The third-order valence-corrected chi connectivity index (χ3v) is 3.46. The quantitative estimate of drug-likeness (QED) is 0.774. The minimum Gasteiger partial charge on any atom is -0.390 e. The van der Waals surface area contributed by atoms with Crippen molar-refractivity contribution in [3.05, 3.63) is 35.4 Å². The molecule has 0 fully saturated rings. The Balaban J connectivity index is 0.00000180. The first kappa shape index (κ1) is 16.0. The first-order valence-electron chi connectivity index (χ1n) is 6.34. The number of aliphatic hydroxyl groups is 1. The summed E-state index contributed by atoms with van der Waals surface area (Å²) >= 11 is 0. The standard InChI is InChI=1S/C14H20N2O2.ClH/c1-9(8-15-2)14(18)16-13-11-6-4-3-5-10(11)7-12(13)17;/h3-6,9,12-13,15,17H,7-8H2,1-2H3,(H,16,18);1H/t9?,12-,13+;/m1./s1. The van der Waals surface area contributed by atoms with Gasteiger partial charge in [-0.2, -0.15) is 0 Å². The van der Waals surface area contributed by atoms with Crippen molar-refractivity contribution in [1.29, 1.82) is 0 Å². The molecule has 0 bridgehead atoms. The maximum atomic E-state index is 12.0. The SMILES string of the molecule is CNCC(C)C(=O)N[C@H]1c2ccccc2C[C@H]1O.Cl. The van der Waals surface area contributed by atoms with Gasteiger partial charge in [-0.3, -0.25) is 4.79 Å². The lowest BCUT2D eigenvalue weighted by Gasteiger charge is -2.20. The fourth-order valence-electron chi connectivity index (χ4n) is 2.44. The van der Waals surface area contributed by atoms with E-state index in [0.717, 1.165) is 11.1 Å². The fraction of sp³-hybridized carbons (Fsp3) is 0.500. The molecule has 0 saturated heterocycles. The molecule has 1 amide bonds. The molecule has 0 spiro atoms. The molecule has 3 atom stereocenters. The first-order valence-corrected chi connectivity index (χ1v) is 6.34. The van der Waals surface area contributed by atoms with E-state index in [1.165, 1.54) is 0 Å². The Kier molecular flexibility index (Phi) is 5.79. The number of amides is 1. The minimum absolute atomic E-state index is 0.